The summed E-state index contributed by atoms with van der Waals surface area (Å²) in [6.45, 7) is 3.40. The number of ether oxygens (including phenoxy) is 4. The Hall–Kier alpha value is -4.15. The topological polar surface area (TPSA) is 135 Å². The Morgan fingerprint density at radius 1 is 0.912 bits per heavy atom. The fraction of sp³-hybridized carbons (Fsp3) is 0.348. The maximum Gasteiger partial charge on any atom is 0.338 e. The van der Waals surface area contributed by atoms with Crippen LogP contribution in [0.2, 0.25) is 0 Å². The van der Waals surface area contributed by atoms with Crippen molar-refractivity contribution in [3.8, 4) is 11.5 Å². The molecule has 0 aliphatic heterocycles. The Morgan fingerprint density at radius 3 is 2.06 bits per heavy atom. The number of nitro benzene ring substituents is 1. The minimum Gasteiger partial charge on any atom is -0.493 e. The second-order valence-electron chi connectivity index (χ2n) is 6.92. The zero-order valence-electron chi connectivity index (χ0n) is 19.4. The molecule has 0 saturated carbocycles. The first-order valence-electron chi connectivity index (χ1n) is 10.4. The highest BCUT2D eigenvalue weighted by Crippen LogP contribution is 2.28. The smallest absolute Gasteiger partial charge is 0.338 e. The molecule has 0 bridgehead atoms. The highest BCUT2D eigenvalue weighted by Gasteiger charge is 2.21. The lowest BCUT2D eigenvalue weighted by Gasteiger charge is -2.21. The summed E-state index contributed by atoms with van der Waals surface area (Å²) < 4.78 is 20.4. The maximum absolute atomic E-state index is 12.6. The minimum absolute atomic E-state index is 0.0583. The normalized spacial score (nSPS) is 10.2. The summed E-state index contributed by atoms with van der Waals surface area (Å²) in [5, 5.41) is 11.2. The number of esters is 2. The number of hydrogen-bond acceptors (Lipinski definition) is 9. The average molecular weight is 474 g/mol. The van der Waals surface area contributed by atoms with Gasteiger partial charge in [-0.1, -0.05) is 6.07 Å². The first-order chi connectivity index (χ1) is 16.2. The summed E-state index contributed by atoms with van der Waals surface area (Å²) in [6, 6.07) is 8.33. The van der Waals surface area contributed by atoms with Crippen molar-refractivity contribution in [2.45, 2.75) is 20.4 Å². The van der Waals surface area contributed by atoms with Crippen molar-refractivity contribution in [2.24, 2.45) is 0 Å². The number of amides is 1. The summed E-state index contributed by atoms with van der Waals surface area (Å²) >= 11 is 0. The Kier molecular flexibility index (Phi) is 9.36. The molecule has 0 aliphatic carbocycles. The highest BCUT2D eigenvalue weighted by molar-refractivity contribution is 5.97. The van der Waals surface area contributed by atoms with Crippen LogP contribution >= 0.6 is 0 Å². The van der Waals surface area contributed by atoms with Gasteiger partial charge in [-0.2, -0.15) is 0 Å². The van der Waals surface area contributed by atoms with E-state index in [-0.39, 0.29) is 24.3 Å². The number of likely N-dealkylation sites (N-methyl/N-ethyl adjacent to an activating group) is 1. The third-order valence-electron chi connectivity index (χ3n) is 4.76. The number of non-ortho nitro benzene ring substituents is 1. The van der Waals surface area contributed by atoms with Gasteiger partial charge in [-0.3, -0.25) is 14.9 Å². The molecule has 0 saturated heterocycles. The lowest BCUT2D eigenvalue weighted by Crippen LogP contribution is -2.34. The number of carbonyl (C=O) groups is 3. The predicted octanol–water partition coefficient (Wildman–Crippen LogP) is 2.99. The van der Waals surface area contributed by atoms with Gasteiger partial charge in [-0.15, -0.1) is 0 Å². The summed E-state index contributed by atoms with van der Waals surface area (Å²) in [5.41, 5.74) is -0.115. The monoisotopic (exact) mass is 474 g/mol. The number of benzene rings is 2. The SMILES string of the molecule is CCOC(=O)c1cc(C(=O)OCC(=O)N(CC)Cc2ccc(OC)c(OC)c2)cc([N+](=O)[O-])c1. The van der Waals surface area contributed by atoms with Gasteiger partial charge in [-0.25, -0.2) is 9.59 Å². The molecule has 182 valence electrons. The van der Waals surface area contributed by atoms with Crippen LogP contribution in [0.15, 0.2) is 36.4 Å². The molecule has 0 heterocycles. The fourth-order valence-corrected chi connectivity index (χ4v) is 3.04. The quantitative estimate of drug-likeness (QED) is 0.274. The van der Waals surface area contributed by atoms with Crippen LogP contribution in [0, 0.1) is 10.1 Å². The number of rotatable bonds is 11. The van der Waals surface area contributed by atoms with E-state index in [0.717, 1.165) is 23.8 Å². The minimum atomic E-state index is -0.982. The van der Waals surface area contributed by atoms with Crippen LogP contribution in [0.1, 0.15) is 40.1 Å². The van der Waals surface area contributed by atoms with E-state index in [2.05, 4.69) is 0 Å². The maximum atomic E-state index is 12.6. The number of carbonyl (C=O) groups excluding carboxylic acids is 3. The van der Waals surface area contributed by atoms with E-state index in [1.54, 1.807) is 32.0 Å². The van der Waals surface area contributed by atoms with Crippen LogP contribution in [0.4, 0.5) is 5.69 Å². The summed E-state index contributed by atoms with van der Waals surface area (Å²) in [6.07, 6.45) is 0. The van der Waals surface area contributed by atoms with Crippen molar-refractivity contribution in [1.82, 2.24) is 4.90 Å². The molecular weight excluding hydrogens is 448 g/mol. The molecule has 2 rings (SSSR count). The van der Waals surface area contributed by atoms with E-state index in [0.29, 0.717) is 18.0 Å². The molecule has 34 heavy (non-hydrogen) atoms. The van der Waals surface area contributed by atoms with Gasteiger partial charge in [0.05, 0.1) is 36.9 Å². The molecule has 0 fully saturated rings. The third-order valence-corrected chi connectivity index (χ3v) is 4.76. The van der Waals surface area contributed by atoms with Crippen molar-refractivity contribution in [1.29, 1.82) is 0 Å². The molecule has 0 unspecified atom stereocenters. The van der Waals surface area contributed by atoms with Crippen molar-refractivity contribution < 1.29 is 38.3 Å². The summed E-state index contributed by atoms with van der Waals surface area (Å²) in [4.78, 5) is 49.0. The number of nitrogens with zero attached hydrogens (tertiary/aromatic N) is 2. The summed E-state index contributed by atoms with van der Waals surface area (Å²) in [5.74, 6) is -1.21. The summed E-state index contributed by atoms with van der Waals surface area (Å²) in [7, 11) is 3.02. The molecule has 0 aromatic heterocycles. The van der Waals surface area contributed by atoms with Gasteiger partial charge in [0.25, 0.3) is 11.6 Å². The van der Waals surface area contributed by atoms with Crippen molar-refractivity contribution in [3.05, 3.63) is 63.2 Å². The predicted molar refractivity (Wildman–Crippen MR) is 120 cm³/mol. The van der Waals surface area contributed by atoms with Gasteiger partial charge in [0.2, 0.25) is 0 Å². The Balaban J connectivity index is 2.11. The third kappa shape index (κ3) is 6.67. The van der Waals surface area contributed by atoms with Crippen LogP contribution in [0.5, 0.6) is 11.5 Å². The largest absolute Gasteiger partial charge is 0.493 e. The van der Waals surface area contributed by atoms with Gasteiger partial charge >= 0.3 is 11.9 Å². The molecule has 2 aromatic rings. The van der Waals surface area contributed by atoms with Crippen LogP contribution in [0.25, 0.3) is 0 Å². The van der Waals surface area contributed by atoms with Gasteiger partial charge in [0.1, 0.15) is 0 Å². The van der Waals surface area contributed by atoms with Crippen LogP contribution in [-0.4, -0.2) is 61.6 Å². The number of hydrogen-bond donors (Lipinski definition) is 0. The van der Waals surface area contributed by atoms with Gasteiger partial charge < -0.3 is 23.8 Å². The first kappa shape index (κ1) is 26.1. The molecule has 2 aromatic carbocycles. The second-order valence-corrected chi connectivity index (χ2v) is 6.92. The van der Waals surface area contributed by atoms with Gasteiger partial charge in [-0.05, 0) is 37.6 Å². The zero-order chi connectivity index (χ0) is 25.3. The average Bonchev–Trinajstić information content (AvgIpc) is 2.85. The van der Waals surface area contributed by atoms with Crippen molar-refractivity contribution >= 4 is 23.5 Å². The number of methoxy groups -OCH3 is 2. The standard InChI is InChI=1S/C23H26N2O9/c1-5-24(13-15-7-8-19(31-3)20(9-15)32-4)21(26)14-34-23(28)17-10-16(22(27)33-6-2)11-18(12-17)25(29)30/h7-12H,5-6,13-14H2,1-4H3. The van der Waals surface area contributed by atoms with Crippen LogP contribution < -0.4 is 9.47 Å². The highest BCUT2D eigenvalue weighted by atomic mass is 16.6. The van der Waals surface area contributed by atoms with Crippen LogP contribution in [-0.2, 0) is 20.8 Å². The molecule has 0 radical (unpaired) electrons. The van der Waals surface area contributed by atoms with E-state index >= 15 is 0 Å². The molecule has 1 amide bonds. The molecule has 0 aliphatic rings. The molecule has 0 atom stereocenters. The first-order valence-corrected chi connectivity index (χ1v) is 10.4. The van der Waals surface area contributed by atoms with Gasteiger partial charge in [0, 0.05) is 25.2 Å². The second kappa shape index (κ2) is 12.2. The van der Waals surface area contributed by atoms with E-state index in [4.69, 9.17) is 18.9 Å². The molecule has 11 heteroatoms. The zero-order valence-corrected chi connectivity index (χ0v) is 19.4. The molecule has 11 nitrogen and oxygen atoms in total. The molecule has 0 N–H and O–H groups in total. The van der Waals surface area contributed by atoms with E-state index in [1.807, 2.05) is 0 Å². The lowest BCUT2D eigenvalue weighted by molar-refractivity contribution is -0.384. The van der Waals surface area contributed by atoms with Crippen molar-refractivity contribution in [3.63, 3.8) is 0 Å². The molecular formula is C23H26N2O9. The van der Waals surface area contributed by atoms with E-state index < -0.39 is 35.1 Å². The van der Waals surface area contributed by atoms with Crippen LogP contribution in [0.3, 0.4) is 0 Å². The molecule has 0 spiro atoms. The Labute approximate surface area is 196 Å². The van der Waals surface area contributed by atoms with Gasteiger partial charge in [0.15, 0.2) is 18.1 Å². The van der Waals surface area contributed by atoms with Crippen molar-refractivity contribution in [2.75, 3.05) is 34.0 Å². The van der Waals surface area contributed by atoms with E-state index in [9.17, 15) is 24.5 Å². The fourth-order valence-electron chi connectivity index (χ4n) is 3.04. The lowest BCUT2D eigenvalue weighted by atomic mass is 10.1. The number of nitro groups is 1. The Bertz CT molecular complexity index is 1070. The Morgan fingerprint density at radius 2 is 1.53 bits per heavy atom. The van der Waals surface area contributed by atoms with E-state index in [1.165, 1.54) is 19.1 Å².